The number of benzene rings is 2. The number of rotatable bonds is 1. The van der Waals surface area contributed by atoms with Gasteiger partial charge in [-0.3, -0.25) is 4.79 Å². The lowest BCUT2D eigenvalue weighted by atomic mass is 9.72. The Bertz CT molecular complexity index is 646. The number of phenols is 1. The fourth-order valence-electron chi connectivity index (χ4n) is 3.29. The third kappa shape index (κ3) is 5.09. The Hall–Kier alpha value is -1.83. The van der Waals surface area contributed by atoms with Crippen LogP contribution in [0.2, 0.25) is 0 Å². The van der Waals surface area contributed by atoms with Gasteiger partial charge in [0.15, 0.2) is 0 Å². The third-order valence-corrected chi connectivity index (χ3v) is 4.81. The van der Waals surface area contributed by atoms with Crippen molar-refractivity contribution in [3.63, 3.8) is 0 Å². The molecule has 1 aliphatic rings. The van der Waals surface area contributed by atoms with Crippen molar-refractivity contribution in [2.45, 2.75) is 52.9 Å². The maximum atomic E-state index is 10.5. The molecule has 23 heavy (non-hydrogen) atoms. The van der Waals surface area contributed by atoms with Crippen molar-refractivity contribution >= 4 is 17.1 Å². The van der Waals surface area contributed by atoms with Crippen molar-refractivity contribution in [2.24, 2.45) is 11.3 Å². The van der Waals surface area contributed by atoms with Crippen molar-refractivity contribution < 1.29 is 9.90 Å². The van der Waals surface area contributed by atoms with E-state index in [1.54, 1.807) is 30.3 Å². The molecule has 1 aliphatic carbocycles. The van der Waals surface area contributed by atoms with Gasteiger partial charge in [0.25, 0.3) is 0 Å². The molecule has 1 saturated carbocycles. The van der Waals surface area contributed by atoms with Gasteiger partial charge in [-0.2, -0.15) is 0 Å². The summed E-state index contributed by atoms with van der Waals surface area (Å²) in [7, 11) is 0. The van der Waals surface area contributed by atoms with Crippen LogP contribution in [0.5, 0.6) is 5.75 Å². The van der Waals surface area contributed by atoms with Crippen molar-refractivity contribution in [1.29, 1.82) is 0 Å². The van der Waals surface area contributed by atoms with Crippen LogP contribution >= 0.6 is 0 Å². The minimum Gasteiger partial charge on any atom is -0.508 e. The van der Waals surface area contributed by atoms with Crippen LogP contribution in [-0.4, -0.2) is 11.4 Å². The van der Waals surface area contributed by atoms with Gasteiger partial charge < -0.3 is 5.11 Å². The molecule has 2 heteroatoms. The number of aromatic hydroxyl groups is 1. The number of hydrogen-bond acceptors (Lipinski definition) is 2. The molecule has 2 aromatic rings. The molecule has 0 radical (unpaired) electrons. The van der Waals surface area contributed by atoms with Gasteiger partial charge in [-0.15, -0.1) is 0 Å². The van der Waals surface area contributed by atoms with Crippen molar-refractivity contribution in [2.75, 3.05) is 0 Å². The Morgan fingerprint density at radius 2 is 1.57 bits per heavy atom. The summed E-state index contributed by atoms with van der Waals surface area (Å²) in [4.78, 5) is 10.5. The van der Waals surface area contributed by atoms with Crippen molar-refractivity contribution in [3.05, 3.63) is 42.0 Å². The average molecular weight is 312 g/mol. The summed E-state index contributed by atoms with van der Waals surface area (Å²) in [6.07, 6.45) is 8.19. The molecule has 0 aliphatic heterocycles. The van der Waals surface area contributed by atoms with E-state index < -0.39 is 0 Å². The molecule has 0 amide bonds. The van der Waals surface area contributed by atoms with E-state index in [1.165, 1.54) is 32.1 Å². The molecule has 0 saturated heterocycles. The Kier molecular flexibility index (Phi) is 5.81. The van der Waals surface area contributed by atoms with Crippen LogP contribution in [0.1, 0.15) is 63.2 Å². The molecule has 0 heterocycles. The van der Waals surface area contributed by atoms with Crippen LogP contribution in [0.4, 0.5) is 0 Å². The highest BCUT2D eigenvalue weighted by atomic mass is 16.3. The monoisotopic (exact) mass is 312 g/mol. The summed E-state index contributed by atoms with van der Waals surface area (Å²) in [6.45, 7) is 7.13. The molecule has 124 valence electrons. The van der Waals surface area contributed by atoms with Gasteiger partial charge in [-0.25, -0.2) is 0 Å². The van der Waals surface area contributed by atoms with Crippen LogP contribution in [0.25, 0.3) is 10.8 Å². The number of phenolic OH excluding ortho intramolecular Hbond substituents is 1. The van der Waals surface area contributed by atoms with Gasteiger partial charge in [-0.1, -0.05) is 58.2 Å². The molecule has 2 aromatic carbocycles. The summed E-state index contributed by atoms with van der Waals surface area (Å²) < 4.78 is 0. The lowest BCUT2D eigenvalue weighted by Crippen LogP contribution is -2.22. The van der Waals surface area contributed by atoms with Gasteiger partial charge in [0, 0.05) is 5.56 Å². The Morgan fingerprint density at radius 1 is 0.957 bits per heavy atom. The average Bonchev–Trinajstić information content (AvgIpc) is 2.55. The van der Waals surface area contributed by atoms with Crippen LogP contribution in [0, 0.1) is 11.3 Å². The van der Waals surface area contributed by atoms with E-state index >= 15 is 0 Å². The smallest absolute Gasteiger partial charge is 0.150 e. The number of carbonyl (C=O) groups excluding carboxylic acids is 1. The molecule has 3 rings (SSSR count). The van der Waals surface area contributed by atoms with E-state index in [1.807, 2.05) is 6.07 Å². The van der Waals surface area contributed by atoms with Crippen molar-refractivity contribution in [1.82, 2.24) is 0 Å². The predicted molar refractivity (Wildman–Crippen MR) is 97.0 cm³/mol. The third-order valence-electron chi connectivity index (χ3n) is 4.81. The SMILES string of the molecule is CC(C)(C)C1CCCCC1.O=Cc1ccc2cc(O)ccc2c1. The standard InChI is InChI=1S/C11H8O2.C10H20/c12-7-8-1-2-10-6-11(13)4-3-9(10)5-8;1-10(2,3)9-7-5-4-6-8-9/h1-7,13H;9H,4-8H2,1-3H3. The van der Waals surface area contributed by atoms with Crippen molar-refractivity contribution in [3.8, 4) is 5.75 Å². The van der Waals surface area contributed by atoms with Crippen LogP contribution in [0.3, 0.4) is 0 Å². The first-order valence-corrected chi connectivity index (χ1v) is 8.58. The molecular weight excluding hydrogens is 284 g/mol. The molecule has 0 spiro atoms. The first-order chi connectivity index (χ1) is 10.9. The molecular formula is C21H28O2. The number of fused-ring (bicyclic) bond motifs is 1. The van der Waals surface area contributed by atoms with Gasteiger partial charge >= 0.3 is 0 Å². The van der Waals surface area contributed by atoms with Crippen LogP contribution in [0.15, 0.2) is 36.4 Å². The largest absolute Gasteiger partial charge is 0.508 e. The first-order valence-electron chi connectivity index (χ1n) is 8.58. The lowest BCUT2D eigenvalue weighted by Gasteiger charge is -2.33. The maximum Gasteiger partial charge on any atom is 0.150 e. The van der Waals surface area contributed by atoms with Crippen LogP contribution < -0.4 is 0 Å². The normalized spacial score (nSPS) is 15.8. The predicted octanol–water partition coefficient (Wildman–Crippen LogP) is 5.97. The second-order valence-corrected chi connectivity index (χ2v) is 7.61. The number of aldehydes is 1. The summed E-state index contributed by atoms with van der Waals surface area (Å²) in [5.74, 6) is 1.24. The van der Waals surface area contributed by atoms with E-state index in [4.69, 9.17) is 0 Å². The van der Waals surface area contributed by atoms with Gasteiger partial charge in [0.2, 0.25) is 0 Å². The molecule has 0 bridgehead atoms. The second-order valence-electron chi connectivity index (χ2n) is 7.61. The maximum absolute atomic E-state index is 10.5. The summed E-state index contributed by atoms with van der Waals surface area (Å²) >= 11 is 0. The topological polar surface area (TPSA) is 37.3 Å². The van der Waals surface area contributed by atoms with E-state index in [9.17, 15) is 9.90 Å². The highest BCUT2D eigenvalue weighted by Gasteiger charge is 2.25. The first kappa shape index (κ1) is 17.5. The molecule has 0 atom stereocenters. The Labute approximate surface area is 139 Å². The zero-order valence-corrected chi connectivity index (χ0v) is 14.5. The van der Waals surface area contributed by atoms with E-state index in [-0.39, 0.29) is 5.75 Å². The summed E-state index contributed by atoms with van der Waals surface area (Å²) in [5.41, 5.74) is 1.22. The fourth-order valence-corrected chi connectivity index (χ4v) is 3.29. The number of hydrogen-bond donors (Lipinski definition) is 1. The van der Waals surface area contributed by atoms with Crippen LogP contribution in [-0.2, 0) is 0 Å². The zero-order valence-electron chi connectivity index (χ0n) is 14.5. The Balaban J connectivity index is 0.000000174. The molecule has 1 fully saturated rings. The van der Waals surface area contributed by atoms with Gasteiger partial charge in [0.1, 0.15) is 12.0 Å². The minimum absolute atomic E-state index is 0.242. The van der Waals surface area contributed by atoms with Gasteiger partial charge in [0.05, 0.1) is 0 Å². The lowest BCUT2D eigenvalue weighted by molar-refractivity contribution is 0.112. The highest BCUT2D eigenvalue weighted by molar-refractivity contribution is 5.89. The molecule has 1 N–H and O–H groups in total. The number of carbonyl (C=O) groups is 1. The van der Waals surface area contributed by atoms with Gasteiger partial charge in [-0.05, 0) is 53.1 Å². The van der Waals surface area contributed by atoms with E-state index in [2.05, 4.69) is 20.8 Å². The molecule has 0 aromatic heterocycles. The Morgan fingerprint density at radius 3 is 2.13 bits per heavy atom. The minimum atomic E-state index is 0.242. The quantitative estimate of drug-likeness (QED) is 0.658. The molecule has 0 unspecified atom stereocenters. The highest BCUT2D eigenvalue weighted by Crippen LogP contribution is 2.37. The van der Waals surface area contributed by atoms with E-state index in [0.29, 0.717) is 11.0 Å². The summed E-state index contributed by atoms with van der Waals surface area (Å²) in [6, 6.07) is 10.4. The summed E-state index contributed by atoms with van der Waals surface area (Å²) in [5, 5.41) is 11.1. The fraction of sp³-hybridized carbons (Fsp3) is 0.476. The molecule has 2 nitrogen and oxygen atoms in total. The zero-order chi connectivity index (χ0) is 16.9. The van der Waals surface area contributed by atoms with E-state index in [0.717, 1.165) is 23.0 Å². The second kappa shape index (κ2) is 7.63.